The van der Waals surface area contributed by atoms with Gasteiger partial charge >= 0.3 is 0 Å². The SMILES string of the molecule is Cc1cc(CN(C)C(=O)c2ncccc2Br)no1. The molecule has 0 bridgehead atoms. The zero-order chi connectivity index (χ0) is 13.1. The molecule has 2 aromatic heterocycles. The maximum absolute atomic E-state index is 12.2. The molecule has 0 spiro atoms. The summed E-state index contributed by atoms with van der Waals surface area (Å²) in [5.74, 6) is 0.563. The second-order valence-corrected chi connectivity index (χ2v) is 4.78. The number of nitrogens with zero attached hydrogens (tertiary/aromatic N) is 3. The summed E-state index contributed by atoms with van der Waals surface area (Å²) in [5.41, 5.74) is 1.11. The summed E-state index contributed by atoms with van der Waals surface area (Å²) in [4.78, 5) is 17.8. The van der Waals surface area contributed by atoms with Crippen LogP contribution in [0.1, 0.15) is 21.9 Å². The Morgan fingerprint density at radius 1 is 1.56 bits per heavy atom. The van der Waals surface area contributed by atoms with E-state index in [0.717, 1.165) is 11.5 Å². The van der Waals surface area contributed by atoms with Gasteiger partial charge in [0.1, 0.15) is 17.1 Å². The maximum Gasteiger partial charge on any atom is 0.273 e. The Morgan fingerprint density at radius 3 is 2.94 bits per heavy atom. The normalized spacial score (nSPS) is 10.4. The van der Waals surface area contributed by atoms with Gasteiger partial charge in [-0.25, -0.2) is 4.98 Å². The second-order valence-electron chi connectivity index (χ2n) is 3.92. The number of aryl methyl sites for hydroxylation is 1. The number of halogens is 1. The minimum Gasteiger partial charge on any atom is -0.361 e. The van der Waals surface area contributed by atoms with Crippen LogP contribution in [0.15, 0.2) is 33.4 Å². The van der Waals surface area contributed by atoms with Crippen molar-refractivity contribution >= 4 is 21.8 Å². The molecule has 0 N–H and O–H groups in total. The average molecular weight is 310 g/mol. The van der Waals surface area contributed by atoms with Crippen LogP contribution in [0.3, 0.4) is 0 Å². The number of carbonyl (C=O) groups is 1. The van der Waals surface area contributed by atoms with E-state index in [-0.39, 0.29) is 5.91 Å². The molecule has 2 rings (SSSR count). The first-order chi connectivity index (χ1) is 8.58. The predicted octanol–water partition coefficient (Wildman–Crippen LogP) is 2.41. The van der Waals surface area contributed by atoms with Crippen molar-refractivity contribution in [3.8, 4) is 0 Å². The lowest BCUT2D eigenvalue weighted by atomic mass is 10.3. The summed E-state index contributed by atoms with van der Waals surface area (Å²) in [6.07, 6.45) is 1.59. The van der Waals surface area contributed by atoms with Crippen molar-refractivity contribution < 1.29 is 9.32 Å². The fourth-order valence-corrected chi connectivity index (χ4v) is 1.96. The van der Waals surface area contributed by atoms with Crippen LogP contribution in [0.2, 0.25) is 0 Å². The highest BCUT2D eigenvalue weighted by molar-refractivity contribution is 9.10. The number of amides is 1. The minimum atomic E-state index is -0.164. The molecular weight excluding hydrogens is 298 g/mol. The molecule has 2 aromatic rings. The molecule has 0 saturated heterocycles. The van der Waals surface area contributed by atoms with Crippen LogP contribution in [-0.4, -0.2) is 28.0 Å². The van der Waals surface area contributed by atoms with E-state index in [1.54, 1.807) is 36.3 Å². The summed E-state index contributed by atoms with van der Waals surface area (Å²) in [7, 11) is 1.70. The first kappa shape index (κ1) is 12.8. The van der Waals surface area contributed by atoms with Crippen LogP contribution < -0.4 is 0 Å². The van der Waals surface area contributed by atoms with E-state index in [9.17, 15) is 4.79 Å². The van der Waals surface area contributed by atoms with Gasteiger partial charge in [-0.05, 0) is 35.0 Å². The molecule has 0 aliphatic carbocycles. The van der Waals surface area contributed by atoms with E-state index in [0.29, 0.717) is 16.7 Å². The average Bonchev–Trinajstić information content (AvgIpc) is 2.74. The van der Waals surface area contributed by atoms with Crippen LogP contribution in [0.25, 0.3) is 0 Å². The van der Waals surface area contributed by atoms with Crippen LogP contribution in [-0.2, 0) is 6.54 Å². The molecule has 0 radical (unpaired) electrons. The van der Waals surface area contributed by atoms with Gasteiger partial charge in [0.05, 0.1) is 6.54 Å². The van der Waals surface area contributed by atoms with Crippen molar-refractivity contribution in [3.63, 3.8) is 0 Å². The third-order valence-corrected chi connectivity index (χ3v) is 3.02. The molecule has 6 heteroatoms. The van der Waals surface area contributed by atoms with E-state index >= 15 is 0 Å². The lowest BCUT2D eigenvalue weighted by molar-refractivity contribution is 0.0775. The minimum absolute atomic E-state index is 0.164. The third-order valence-electron chi connectivity index (χ3n) is 2.38. The number of hydrogen-bond donors (Lipinski definition) is 0. The molecule has 0 aliphatic rings. The van der Waals surface area contributed by atoms with Gasteiger partial charge in [0.25, 0.3) is 5.91 Å². The number of carbonyl (C=O) groups excluding carboxylic acids is 1. The third kappa shape index (κ3) is 2.76. The summed E-state index contributed by atoms with van der Waals surface area (Å²) in [5, 5.41) is 3.85. The molecule has 0 saturated carbocycles. The van der Waals surface area contributed by atoms with Crippen LogP contribution in [0, 0.1) is 6.92 Å². The quantitative estimate of drug-likeness (QED) is 0.873. The fraction of sp³-hybridized carbons (Fsp3) is 0.250. The second kappa shape index (κ2) is 5.30. The molecule has 5 nitrogen and oxygen atoms in total. The summed E-state index contributed by atoms with van der Waals surface area (Å²) >= 11 is 3.31. The Bertz CT molecular complexity index is 568. The van der Waals surface area contributed by atoms with Gasteiger partial charge in [-0.15, -0.1) is 0 Å². The topological polar surface area (TPSA) is 59.2 Å². The lowest BCUT2D eigenvalue weighted by Crippen LogP contribution is -2.27. The van der Waals surface area contributed by atoms with Gasteiger partial charge in [0, 0.05) is 23.8 Å². The first-order valence-corrected chi connectivity index (χ1v) is 6.15. The van der Waals surface area contributed by atoms with Gasteiger partial charge in [-0.1, -0.05) is 5.16 Å². The molecule has 18 heavy (non-hydrogen) atoms. The Balaban J connectivity index is 2.12. The van der Waals surface area contributed by atoms with Crippen molar-refractivity contribution in [1.82, 2.24) is 15.0 Å². The van der Waals surface area contributed by atoms with E-state index in [4.69, 9.17) is 4.52 Å². The Morgan fingerprint density at radius 2 is 2.33 bits per heavy atom. The zero-order valence-electron chi connectivity index (χ0n) is 10.1. The Hall–Kier alpha value is -1.69. The molecule has 94 valence electrons. The molecule has 0 unspecified atom stereocenters. The van der Waals surface area contributed by atoms with Gasteiger partial charge in [-0.3, -0.25) is 4.79 Å². The van der Waals surface area contributed by atoms with Crippen molar-refractivity contribution in [1.29, 1.82) is 0 Å². The first-order valence-electron chi connectivity index (χ1n) is 5.36. The maximum atomic E-state index is 12.2. The van der Waals surface area contributed by atoms with Gasteiger partial charge in [0.2, 0.25) is 0 Å². The molecule has 0 fully saturated rings. The fourth-order valence-electron chi connectivity index (χ4n) is 1.53. The Kier molecular flexibility index (Phi) is 3.76. The number of hydrogen-bond acceptors (Lipinski definition) is 4. The number of rotatable bonds is 3. The number of aromatic nitrogens is 2. The van der Waals surface area contributed by atoms with E-state index in [2.05, 4.69) is 26.1 Å². The lowest BCUT2D eigenvalue weighted by Gasteiger charge is -2.15. The molecular formula is C12H12BrN3O2. The predicted molar refractivity (Wildman–Crippen MR) is 69.0 cm³/mol. The summed E-state index contributed by atoms with van der Waals surface area (Å²) in [6.45, 7) is 2.20. The Labute approximate surface area is 113 Å². The monoisotopic (exact) mass is 309 g/mol. The van der Waals surface area contributed by atoms with E-state index in [1.807, 2.05) is 6.92 Å². The summed E-state index contributed by atoms with van der Waals surface area (Å²) in [6, 6.07) is 5.35. The van der Waals surface area contributed by atoms with Gasteiger partial charge < -0.3 is 9.42 Å². The largest absolute Gasteiger partial charge is 0.361 e. The van der Waals surface area contributed by atoms with E-state index in [1.165, 1.54) is 0 Å². The van der Waals surface area contributed by atoms with Crippen molar-refractivity contribution in [2.24, 2.45) is 0 Å². The summed E-state index contributed by atoms with van der Waals surface area (Å²) < 4.78 is 5.64. The highest BCUT2D eigenvalue weighted by Crippen LogP contribution is 2.16. The highest BCUT2D eigenvalue weighted by atomic mass is 79.9. The highest BCUT2D eigenvalue weighted by Gasteiger charge is 2.17. The zero-order valence-corrected chi connectivity index (χ0v) is 11.6. The van der Waals surface area contributed by atoms with E-state index < -0.39 is 0 Å². The molecule has 0 atom stereocenters. The van der Waals surface area contributed by atoms with Crippen LogP contribution >= 0.6 is 15.9 Å². The van der Waals surface area contributed by atoms with Gasteiger partial charge in [-0.2, -0.15) is 0 Å². The van der Waals surface area contributed by atoms with Gasteiger partial charge in [0.15, 0.2) is 0 Å². The van der Waals surface area contributed by atoms with Crippen molar-refractivity contribution in [2.45, 2.75) is 13.5 Å². The van der Waals surface area contributed by atoms with Crippen molar-refractivity contribution in [2.75, 3.05) is 7.05 Å². The van der Waals surface area contributed by atoms with Crippen LogP contribution in [0.4, 0.5) is 0 Å². The molecule has 1 amide bonds. The molecule has 2 heterocycles. The standard InChI is InChI=1S/C12H12BrN3O2/c1-8-6-9(15-18-8)7-16(2)12(17)11-10(13)4-3-5-14-11/h3-6H,7H2,1-2H3. The van der Waals surface area contributed by atoms with Crippen LogP contribution in [0.5, 0.6) is 0 Å². The smallest absolute Gasteiger partial charge is 0.273 e. The van der Waals surface area contributed by atoms with Crippen molar-refractivity contribution in [3.05, 3.63) is 46.0 Å². The molecule has 0 aromatic carbocycles. The molecule has 0 aliphatic heterocycles. The number of pyridine rings is 1.